The topological polar surface area (TPSA) is 91.3 Å². The monoisotopic (exact) mass is 715 g/mol. The third kappa shape index (κ3) is 8.90. The Bertz CT molecular complexity index is 1820. The lowest BCUT2D eigenvalue weighted by atomic mass is 9.90. The maximum absolute atomic E-state index is 13.1. The summed E-state index contributed by atoms with van der Waals surface area (Å²) in [6.07, 6.45) is -5.59. The zero-order valence-corrected chi connectivity index (χ0v) is 29.3. The third-order valence-corrected chi connectivity index (χ3v) is 9.85. The fourth-order valence-corrected chi connectivity index (χ4v) is 7.07. The van der Waals surface area contributed by atoms with Crippen molar-refractivity contribution in [2.75, 3.05) is 20.1 Å². The number of aliphatic hydroxyl groups excluding tert-OH is 1. The summed E-state index contributed by atoms with van der Waals surface area (Å²) in [6.45, 7) is 3.54. The molecule has 6 rings (SSSR count). The molecule has 2 N–H and O–H groups in total. The first-order valence-electron chi connectivity index (χ1n) is 17.6. The number of carbonyl (C=O) groups is 2. The number of likely N-dealkylation sites (tertiary alicyclic amines) is 1. The van der Waals surface area contributed by atoms with Crippen LogP contribution in [0.1, 0.15) is 60.0 Å². The molecule has 0 bridgehead atoms. The number of aliphatic hydroxyl groups is 1. The van der Waals surface area contributed by atoms with Gasteiger partial charge in [0.15, 0.2) is 6.29 Å². The van der Waals surface area contributed by atoms with Gasteiger partial charge in [-0.1, -0.05) is 97.9 Å². The quantitative estimate of drug-likeness (QED) is 0.175. The van der Waals surface area contributed by atoms with Crippen LogP contribution in [-0.2, 0) is 38.8 Å². The van der Waals surface area contributed by atoms with Crippen LogP contribution in [0.2, 0.25) is 0 Å². The fourth-order valence-electron chi connectivity index (χ4n) is 7.07. The summed E-state index contributed by atoms with van der Waals surface area (Å²) >= 11 is 0. The Labute approximate surface area is 302 Å². The van der Waals surface area contributed by atoms with Gasteiger partial charge in [-0.3, -0.25) is 14.5 Å². The molecule has 0 saturated carbocycles. The van der Waals surface area contributed by atoms with E-state index >= 15 is 0 Å². The SMILES string of the molecule is C[C@H]1[C@@H](CN(C)Cc2ccccc2)O[C@@H](c2cccc(-c3cccc(CNC(=O)[C@@H]4CCCN4C(=O)C(F)(F)F)c3)c2)O[C@H]1c1ccc(CO)cc1. The Balaban J connectivity index is 1.18. The number of alkyl halides is 3. The highest BCUT2D eigenvalue weighted by Crippen LogP contribution is 2.42. The Hall–Kier alpha value is -4.55. The number of hydrogen-bond donors (Lipinski definition) is 2. The summed E-state index contributed by atoms with van der Waals surface area (Å²) in [6, 6.07) is 32.4. The third-order valence-electron chi connectivity index (χ3n) is 9.85. The van der Waals surface area contributed by atoms with Gasteiger partial charge in [0.25, 0.3) is 0 Å². The van der Waals surface area contributed by atoms with Gasteiger partial charge in [0, 0.05) is 37.7 Å². The lowest BCUT2D eigenvalue weighted by Crippen LogP contribution is -2.50. The van der Waals surface area contributed by atoms with E-state index in [2.05, 4.69) is 36.3 Å². The molecule has 4 aromatic rings. The van der Waals surface area contributed by atoms with Crippen LogP contribution in [0.4, 0.5) is 13.2 Å². The number of nitrogens with zero attached hydrogens (tertiary/aromatic N) is 2. The molecule has 0 spiro atoms. The van der Waals surface area contributed by atoms with Gasteiger partial charge in [0.1, 0.15) is 6.04 Å². The van der Waals surface area contributed by atoms with Crippen molar-refractivity contribution < 1.29 is 37.3 Å². The average molecular weight is 716 g/mol. The van der Waals surface area contributed by atoms with Crippen LogP contribution in [-0.4, -0.2) is 65.2 Å². The van der Waals surface area contributed by atoms with E-state index in [1.165, 1.54) is 5.56 Å². The summed E-state index contributed by atoms with van der Waals surface area (Å²) in [5.41, 5.74) is 6.41. The lowest BCUT2D eigenvalue weighted by molar-refractivity contribution is -0.276. The largest absolute Gasteiger partial charge is 0.471 e. The molecule has 5 atom stereocenters. The summed E-state index contributed by atoms with van der Waals surface area (Å²) in [5, 5.41) is 12.3. The summed E-state index contributed by atoms with van der Waals surface area (Å²) in [4.78, 5) is 27.6. The average Bonchev–Trinajstić information content (AvgIpc) is 3.65. The minimum absolute atomic E-state index is 0.0208. The van der Waals surface area contributed by atoms with Gasteiger partial charge in [-0.05, 0) is 65.4 Å². The van der Waals surface area contributed by atoms with E-state index in [4.69, 9.17) is 9.47 Å². The second-order valence-corrected chi connectivity index (χ2v) is 13.7. The molecule has 0 radical (unpaired) electrons. The van der Waals surface area contributed by atoms with Crippen LogP contribution >= 0.6 is 0 Å². The molecule has 2 aliphatic heterocycles. The molecule has 2 heterocycles. The van der Waals surface area contributed by atoms with Crippen molar-refractivity contribution in [1.29, 1.82) is 0 Å². The number of likely N-dealkylation sites (N-methyl/N-ethyl adjacent to an activating group) is 1. The van der Waals surface area contributed by atoms with E-state index < -0.39 is 30.3 Å². The minimum Gasteiger partial charge on any atom is -0.392 e. The van der Waals surface area contributed by atoms with Gasteiger partial charge >= 0.3 is 12.1 Å². The Kier molecular flexibility index (Phi) is 11.7. The molecule has 11 heteroatoms. The van der Waals surface area contributed by atoms with Crippen LogP contribution in [0.5, 0.6) is 0 Å². The van der Waals surface area contributed by atoms with E-state index in [1.54, 1.807) is 0 Å². The van der Waals surface area contributed by atoms with Crippen molar-refractivity contribution in [2.45, 2.75) is 70.2 Å². The normalized spacial score (nSPS) is 22.1. The highest BCUT2D eigenvalue weighted by atomic mass is 19.4. The van der Waals surface area contributed by atoms with Crippen LogP contribution in [0.25, 0.3) is 11.1 Å². The van der Waals surface area contributed by atoms with Crippen molar-refractivity contribution in [3.05, 3.63) is 131 Å². The summed E-state index contributed by atoms with van der Waals surface area (Å²) in [5.74, 6) is -2.57. The van der Waals surface area contributed by atoms with E-state index in [9.17, 15) is 27.9 Å². The molecule has 52 heavy (non-hydrogen) atoms. The van der Waals surface area contributed by atoms with Crippen molar-refractivity contribution in [2.24, 2.45) is 5.92 Å². The zero-order chi connectivity index (χ0) is 36.8. The van der Waals surface area contributed by atoms with Gasteiger partial charge in [0.05, 0.1) is 18.8 Å². The number of carbonyl (C=O) groups excluding carboxylic acids is 2. The number of amides is 2. The Morgan fingerprint density at radius 1 is 0.865 bits per heavy atom. The molecule has 0 aromatic heterocycles. The molecule has 4 aromatic carbocycles. The van der Waals surface area contributed by atoms with Crippen LogP contribution in [0.15, 0.2) is 103 Å². The summed E-state index contributed by atoms with van der Waals surface area (Å²) in [7, 11) is 2.08. The van der Waals surface area contributed by atoms with Gasteiger partial charge < -0.3 is 24.8 Å². The van der Waals surface area contributed by atoms with Gasteiger partial charge in [-0.25, -0.2) is 0 Å². The zero-order valence-electron chi connectivity index (χ0n) is 29.3. The summed E-state index contributed by atoms with van der Waals surface area (Å²) < 4.78 is 52.6. The van der Waals surface area contributed by atoms with Gasteiger partial charge in [-0.15, -0.1) is 0 Å². The predicted molar refractivity (Wildman–Crippen MR) is 190 cm³/mol. The van der Waals surface area contributed by atoms with Crippen LogP contribution < -0.4 is 5.32 Å². The molecule has 2 amide bonds. The standard InChI is InChI=1S/C41H44F3N3O5/c1-27-36(25-46(2)24-28-9-4-3-5-10-28)51-39(52-37(27)31-18-16-29(26-48)17-19-31)34-14-7-13-33(22-34)32-12-6-11-30(21-32)23-45-38(49)35-15-8-20-47(35)40(50)41(42,43)44/h3-7,9-14,16-19,21-22,27,35-37,39,48H,8,15,20,23-26H2,1-2H3,(H,45,49)/t27-,35-,36+,37+,39+/m0/s1. The first-order valence-corrected chi connectivity index (χ1v) is 17.6. The van der Waals surface area contributed by atoms with Crippen LogP contribution in [0.3, 0.4) is 0 Å². The molecular formula is C41H44F3N3O5. The number of hydrogen-bond acceptors (Lipinski definition) is 6. The number of benzene rings is 4. The first kappa shape index (κ1) is 37.2. The van der Waals surface area contributed by atoms with Gasteiger partial charge in [0.2, 0.25) is 5.91 Å². The molecule has 2 aliphatic rings. The second-order valence-electron chi connectivity index (χ2n) is 13.7. The van der Waals surface area contributed by atoms with Crippen molar-refractivity contribution in [1.82, 2.24) is 15.1 Å². The number of halogens is 3. The van der Waals surface area contributed by atoms with Crippen LogP contribution in [0, 0.1) is 5.92 Å². The van der Waals surface area contributed by atoms with Crippen molar-refractivity contribution >= 4 is 11.8 Å². The molecule has 0 unspecified atom stereocenters. The van der Waals surface area contributed by atoms with Crippen molar-refractivity contribution in [3.8, 4) is 11.1 Å². The molecule has 2 saturated heterocycles. The highest BCUT2D eigenvalue weighted by molar-refractivity contribution is 5.90. The maximum Gasteiger partial charge on any atom is 0.471 e. The molecule has 8 nitrogen and oxygen atoms in total. The molecular weight excluding hydrogens is 671 g/mol. The van der Waals surface area contributed by atoms with E-state index in [-0.39, 0.29) is 44.2 Å². The predicted octanol–water partition coefficient (Wildman–Crippen LogP) is 6.94. The highest BCUT2D eigenvalue weighted by Gasteiger charge is 2.47. The second kappa shape index (κ2) is 16.4. The van der Waals surface area contributed by atoms with Gasteiger partial charge in [-0.2, -0.15) is 13.2 Å². The molecule has 2 fully saturated rings. The number of nitrogens with one attached hydrogen (secondary N) is 1. The molecule has 274 valence electrons. The van der Waals surface area contributed by atoms with Crippen molar-refractivity contribution in [3.63, 3.8) is 0 Å². The maximum atomic E-state index is 13.1. The fraction of sp³-hybridized carbons (Fsp3) is 0.366. The van der Waals surface area contributed by atoms with E-state index in [1.807, 2.05) is 91.0 Å². The number of ether oxygens (including phenoxy) is 2. The number of rotatable bonds is 11. The smallest absolute Gasteiger partial charge is 0.392 e. The Morgan fingerprint density at radius 2 is 1.56 bits per heavy atom. The van der Waals surface area contributed by atoms with E-state index in [0.29, 0.717) is 17.9 Å². The first-order chi connectivity index (χ1) is 25.0. The van der Waals surface area contributed by atoms with E-state index in [0.717, 1.165) is 39.9 Å². The Morgan fingerprint density at radius 3 is 2.27 bits per heavy atom. The molecule has 0 aliphatic carbocycles. The minimum atomic E-state index is -5.02. The lowest BCUT2D eigenvalue weighted by Gasteiger charge is -2.42.